The lowest BCUT2D eigenvalue weighted by molar-refractivity contribution is -0.0146. The summed E-state index contributed by atoms with van der Waals surface area (Å²) in [6, 6.07) is 8.43. The third kappa shape index (κ3) is 2.51. The van der Waals surface area contributed by atoms with Crippen LogP contribution in [0, 0.1) is 11.3 Å². The topological polar surface area (TPSA) is 101 Å². The highest BCUT2D eigenvalue weighted by Gasteiger charge is 2.53. The van der Waals surface area contributed by atoms with Gasteiger partial charge in [-0.3, -0.25) is 0 Å². The van der Waals surface area contributed by atoms with Gasteiger partial charge in [-0.25, -0.2) is 10.1 Å². The van der Waals surface area contributed by atoms with E-state index >= 15 is 0 Å². The van der Waals surface area contributed by atoms with Crippen molar-refractivity contribution in [3.63, 3.8) is 0 Å². The van der Waals surface area contributed by atoms with Crippen LogP contribution in [0.3, 0.4) is 0 Å². The lowest BCUT2D eigenvalue weighted by Crippen LogP contribution is -2.49. The zero-order valence-corrected chi connectivity index (χ0v) is 15.8. The minimum absolute atomic E-state index is 0.0874. The molecular weight excluding hydrogens is 364 g/mol. The number of nitrogens with two attached hydrogens (primary N) is 1. The van der Waals surface area contributed by atoms with Gasteiger partial charge in [0.15, 0.2) is 0 Å². The van der Waals surface area contributed by atoms with E-state index in [1.165, 1.54) is 15.4 Å². The second kappa shape index (κ2) is 5.88. The Morgan fingerprint density at radius 1 is 1.19 bits per heavy atom. The number of benzene rings is 1. The van der Waals surface area contributed by atoms with Crippen LogP contribution in [0.4, 0.5) is 0 Å². The van der Waals surface area contributed by atoms with E-state index in [1.807, 2.05) is 24.7 Å². The van der Waals surface area contributed by atoms with Crippen LogP contribution in [0.5, 0.6) is 0 Å². The molecule has 8 heteroatoms. The van der Waals surface area contributed by atoms with Gasteiger partial charge in [-0.05, 0) is 36.7 Å². The summed E-state index contributed by atoms with van der Waals surface area (Å²) >= 11 is 0. The Labute approximate surface area is 159 Å². The van der Waals surface area contributed by atoms with Crippen molar-refractivity contribution in [2.75, 3.05) is 13.1 Å². The maximum Gasteiger partial charge on any atom is 0.276 e. The van der Waals surface area contributed by atoms with Crippen LogP contribution >= 0.6 is 0 Å². The molecule has 0 bridgehead atoms. The summed E-state index contributed by atoms with van der Waals surface area (Å²) in [5.74, 6) is 0.0997. The van der Waals surface area contributed by atoms with Crippen molar-refractivity contribution < 1.29 is 13.5 Å². The van der Waals surface area contributed by atoms with Gasteiger partial charge in [0.25, 0.3) is 10.2 Å². The fourth-order valence-electron chi connectivity index (χ4n) is 5.59. The predicted octanol–water partition coefficient (Wildman–Crippen LogP) is 1.51. The van der Waals surface area contributed by atoms with E-state index in [4.69, 9.17) is 5.14 Å². The summed E-state index contributed by atoms with van der Waals surface area (Å²) < 4.78 is 26.8. The van der Waals surface area contributed by atoms with Crippen molar-refractivity contribution in [1.29, 1.82) is 0 Å². The summed E-state index contributed by atoms with van der Waals surface area (Å²) in [5, 5.41) is 16.6. The zero-order valence-electron chi connectivity index (χ0n) is 15.0. The van der Waals surface area contributed by atoms with Gasteiger partial charge in [0.2, 0.25) is 0 Å². The molecule has 7 nitrogen and oxygen atoms in total. The Bertz CT molecular complexity index is 978. The molecule has 1 saturated heterocycles. The molecule has 3 atom stereocenters. The van der Waals surface area contributed by atoms with Crippen molar-refractivity contribution in [2.24, 2.45) is 16.5 Å². The molecule has 3 aliphatic rings. The van der Waals surface area contributed by atoms with Gasteiger partial charge in [0, 0.05) is 24.6 Å². The predicted molar refractivity (Wildman–Crippen MR) is 101 cm³/mol. The first-order chi connectivity index (χ1) is 12.9. The average molecular weight is 388 g/mol. The Morgan fingerprint density at radius 3 is 2.67 bits per heavy atom. The smallest absolute Gasteiger partial charge is 0.276 e. The second-order valence-corrected chi connectivity index (χ2v) is 9.72. The number of nitrogens with zero attached hydrogens (tertiary/aromatic N) is 3. The molecular formula is C19H24N4O3S. The van der Waals surface area contributed by atoms with Crippen LogP contribution in [0.25, 0.3) is 11.3 Å². The fourth-order valence-corrected chi connectivity index (χ4v) is 6.28. The van der Waals surface area contributed by atoms with Crippen molar-refractivity contribution in [2.45, 2.75) is 37.8 Å². The number of aromatic nitrogens is 2. The van der Waals surface area contributed by atoms with Crippen LogP contribution in [0.2, 0.25) is 0 Å². The van der Waals surface area contributed by atoms with Crippen LogP contribution in [-0.4, -0.2) is 46.6 Å². The van der Waals surface area contributed by atoms with Gasteiger partial charge in [-0.15, -0.1) is 0 Å². The van der Waals surface area contributed by atoms with Gasteiger partial charge in [0.05, 0.1) is 30.4 Å². The Balaban J connectivity index is 1.44. The number of aliphatic hydroxyl groups is 1. The molecule has 3 heterocycles. The van der Waals surface area contributed by atoms with Crippen molar-refractivity contribution in [3.8, 4) is 11.3 Å². The molecule has 2 unspecified atom stereocenters. The maximum absolute atomic E-state index is 11.6. The molecule has 5 rings (SSSR count). The van der Waals surface area contributed by atoms with Gasteiger partial charge < -0.3 is 9.67 Å². The molecule has 27 heavy (non-hydrogen) atoms. The standard InChI is InChI=1S/C19H24N4O3S/c20-27(25,26)22-9-7-19(8-10-22)6-5-15(18(19)24)17-14-4-2-1-3-13(14)16-11-21-12-23(16)17/h1-4,11-12,15,17-18,24H,5-10H2,(H2,20,25,26)/t15?,17-,18?/m0/s1. The molecule has 1 saturated carbocycles. The number of aliphatic hydroxyl groups excluding tert-OH is 1. The lowest BCUT2D eigenvalue weighted by atomic mass is 9.73. The van der Waals surface area contributed by atoms with E-state index in [9.17, 15) is 13.5 Å². The SMILES string of the molecule is NS(=O)(=O)N1CCC2(CCC([C@@H]3c4ccccc4-c4cncn43)C2O)CC1. The molecule has 144 valence electrons. The van der Waals surface area contributed by atoms with Gasteiger partial charge in [0.1, 0.15) is 0 Å². The first-order valence-corrected chi connectivity index (χ1v) is 11.0. The van der Waals surface area contributed by atoms with E-state index in [1.54, 1.807) is 0 Å². The van der Waals surface area contributed by atoms with E-state index in [0.29, 0.717) is 25.9 Å². The van der Waals surface area contributed by atoms with Crippen LogP contribution in [0.15, 0.2) is 36.8 Å². The first-order valence-electron chi connectivity index (χ1n) is 9.48. The molecule has 2 aliphatic heterocycles. The van der Waals surface area contributed by atoms with Crippen molar-refractivity contribution in [1.82, 2.24) is 13.9 Å². The van der Waals surface area contributed by atoms with Gasteiger partial charge in [-0.2, -0.15) is 12.7 Å². The lowest BCUT2D eigenvalue weighted by Gasteiger charge is -2.41. The molecule has 1 aromatic heterocycles. The largest absolute Gasteiger partial charge is 0.392 e. The summed E-state index contributed by atoms with van der Waals surface area (Å²) in [4.78, 5) is 4.32. The zero-order chi connectivity index (χ0) is 18.8. The van der Waals surface area contributed by atoms with Crippen LogP contribution in [-0.2, 0) is 10.2 Å². The van der Waals surface area contributed by atoms with E-state index in [2.05, 4.69) is 21.7 Å². The Hall–Kier alpha value is -1.74. The van der Waals surface area contributed by atoms with Crippen LogP contribution < -0.4 is 5.14 Å². The minimum atomic E-state index is -3.65. The van der Waals surface area contributed by atoms with E-state index in [0.717, 1.165) is 18.5 Å². The molecule has 1 spiro atoms. The average Bonchev–Trinajstić information content (AvgIpc) is 3.30. The number of fused-ring (bicyclic) bond motifs is 3. The van der Waals surface area contributed by atoms with E-state index < -0.39 is 16.3 Å². The van der Waals surface area contributed by atoms with Crippen molar-refractivity contribution >= 4 is 10.2 Å². The third-order valence-electron chi connectivity index (χ3n) is 7.01. The maximum atomic E-state index is 11.6. The Morgan fingerprint density at radius 2 is 1.93 bits per heavy atom. The summed E-state index contributed by atoms with van der Waals surface area (Å²) in [7, 11) is -3.65. The monoisotopic (exact) mass is 388 g/mol. The normalized spacial score (nSPS) is 29.8. The first kappa shape index (κ1) is 17.4. The molecule has 0 amide bonds. The third-order valence-corrected chi connectivity index (χ3v) is 8.10. The molecule has 2 fully saturated rings. The Kier molecular flexibility index (Phi) is 3.78. The minimum Gasteiger partial charge on any atom is -0.392 e. The van der Waals surface area contributed by atoms with Gasteiger partial charge >= 0.3 is 0 Å². The molecule has 3 N–H and O–H groups in total. The highest BCUT2D eigenvalue weighted by atomic mass is 32.2. The second-order valence-electron chi connectivity index (χ2n) is 8.17. The van der Waals surface area contributed by atoms with Gasteiger partial charge in [-0.1, -0.05) is 24.3 Å². The molecule has 2 aromatic rings. The summed E-state index contributed by atoms with van der Waals surface area (Å²) in [6.07, 6.45) is 6.44. The molecule has 1 aliphatic carbocycles. The number of hydrogen-bond acceptors (Lipinski definition) is 4. The number of hydrogen-bond donors (Lipinski definition) is 2. The number of imidazole rings is 1. The number of piperidine rings is 1. The van der Waals surface area contributed by atoms with Crippen LogP contribution in [0.1, 0.15) is 37.3 Å². The molecule has 0 radical (unpaired) electrons. The quantitative estimate of drug-likeness (QED) is 0.814. The fraction of sp³-hybridized carbons (Fsp3) is 0.526. The van der Waals surface area contributed by atoms with E-state index in [-0.39, 0.29) is 17.4 Å². The summed E-state index contributed by atoms with van der Waals surface area (Å²) in [5.41, 5.74) is 3.33. The molecule has 1 aromatic carbocycles. The number of rotatable bonds is 2. The highest BCUT2D eigenvalue weighted by molar-refractivity contribution is 7.86. The summed E-state index contributed by atoms with van der Waals surface area (Å²) in [6.45, 7) is 0.778. The van der Waals surface area contributed by atoms with Crippen molar-refractivity contribution in [3.05, 3.63) is 42.4 Å². The highest BCUT2D eigenvalue weighted by Crippen LogP contribution is 2.55.